The van der Waals surface area contributed by atoms with Crippen LogP contribution in [0.1, 0.15) is 23.2 Å². The second-order valence-corrected chi connectivity index (χ2v) is 4.90. The Balaban J connectivity index is 2.04. The van der Waals surface area contributed by atoms with Gasteiger partial charge in [0.15, 0.2) is 5.84 Å². The van der Waals surface area contributed by atoms with E-state index in [2.05, 4.69) is 10.1 Å². The number of fused-ring (bicyclic) bond motifs is 1. The number of morpholine rings is 1. The summed E-state index contributed by atoms with van der Waals surface area (Å²) in [7, 11) is 0. The van der Waals surface area contributed by atoms with Crippen LogP contribution in [0.15, 0.2) is 11.2 Å². The molecule has 6 heteroatoms. The molecule has 1 aromatic heterocycles. The number of ether oxygens (including phenoxy) is 1. The molecule has 1 saturated heterocycles. The van der Waals surface area contributed by atoms with Crippen molar-refractivity contribution in [2.45, 2.75) is 19.3 Å². The summed E-state index contributed by atoms with van der Waals surface area (Å²) >= 11 is 0. The molecule has 0 spiro atoms. The largest absolute Gasteiger partial charge is 0.409 e. The number of oxime groups is 1. The molecular weight excluding hydrogens is 244 g/mol. The van der Waals surface area contributed by atoms with Gasteiger partial charge in [-0.2, -0.15) is 0 Å². The molecule has 1 fully saturated rings. The molecule has 102 valence electrons. The number of hydrogen-bond acceptors (Lipinski definition) is 5. The Morgan fingerprint density at radius 3 is 2.89 bits per heavy atom. The summed E-state index contributed by atoms with van der Waals surface area (Å²) in [6, 6.07) is 2.02. The number of hydrogen-bond donors (Lipinski definition) is 2. The van der Waals surface area contributed by atoms with Crippen LogP contribution in [0, 0.1) is 0 Å². The third-order valence-corrected chi connectivity index (χ3v) is 3.73. The van der Waals surface area contributed by atoms with Gasteiger partial charge in [-0.05, 0) is 30.9 Å². The molecule has 6 nitrogen and oxygen atoms in total. The van der Waals surface area contributed by atoms with E-state index in [4.69, 9.17) is 20.7 Å². The van der Waals surface area contributed by atoms with Crippen molar-refractivity contribution in [1.29, 1.82) is 0 Å². The minimum atomic E-state index is 0.128. The van der Waals surface area contributed by atoms with Crippen LogP contribution >= 0.6 is 0 Å². The standard InChI is InChI=1S/C13H18N4O2/c14-12(16-18)10-8-9-2-1-3-11(9)15-13(10)17-4-6-19-7-5-17/h8,18H,1-7H2,(H2,14,16). The minimum Gasteiger partial charge on any atom is -0.409 e. The number of rotatable bonds is 2. The lowest BCUT2D eigenvalue weighted by molar-refractivity contribution is 0.122. The summed E-state index contributed by atoms with van der Waals surface area (Å²) in [5.74, 6) is 0.947. The predicted octanol–water partition coefficient (Wildman–Crippen LogP) is 0.501. The van der Waals surface area contributed by atoms with Crippen molar-refractivity contribution < 1.29 is 9.94 Å². The van der Waals surface area contributed by atoms with Gasteiger partial charge >= 0.3 is 0 Å². The molecule has 0 aromatic carbocycles. The van der Waals surface area contributed by atoms with Gasteiger partial charge in [-0.25, -0.2) is 4.98 Å². The maximum atomic E-state index is 8.95. The first-order valence-electron chi connectivity index (χ1n) is 6.63. The third-order valence-electron chi connectivity index (χ3n) is 3.73. The van der Waals surface area contributed by atoms with E-state index < -0.39 is 0 Å². The minimum absolute atomic E-state index is 0.128. The molecule has 0 saturated carbocycles. The van der Waals surface area contributed by atoms with Gasteiger partial charge in [0.1, 0.15) is 5.82 Å². The Kier molecular flexibility index (Phi) is 3.25. The number of aromatic nitrogens is 1. The molecule has 2 heterocycles. The molecule has 3 N–H and O–H groups in total. The zero-order valence-electron chi connectivity index (χ0n) is 10.8. The molecule has 0 amide bonds. The van der Waals surface area contributed by atoms with Crippen molar-refractivity contribution in [2.75, 3.05) is 31.2 Å². The number of nitrogens with zero attached hydrogens (tertiary/aromatic N) is 3. The third kappa shape index (κ3) is 2.23. The summed E-state index contributed by atoms with van der Waals surface area (Å²) in [6.07, 6.45) is 3.17. The number of aryl methyl sites for hydroxylation is 2. The van der Waals surface area contributed by atoms with Crippen LogP contribution in [0.5, 0.6) is 0 Å². The van der Waals surface area contributed by atoms with Gasteiger partial charge < -0.3 is 20.6 Å². The second-order valence-electron chi connectivity index (χ2n) is 4.90. The normalized spacial score (nSPS) is 19.6. The molecule has 19 heavy (non-hydrogen) atoms. The van der Waals surface area contributed by atoms with Crippen molar-refractivity contribution in [1.82, 2.24) is 4.98 Å². The van der Waals surface area contributed by atoms with Crippen LogP contribution in [0.4, 0.5) is 5.82 Å². The van der Waals surface area contributed by atoms with Crippen LogP contribution in [-0.4, -0.2) is 42.3 Å². The topological polar surface area (TPSA) is 84.0 Å². The van der Waals surface area contributed by atoms with Gasteiger partial charge in [-0.1, -0.05) is 5.16 Å². The van der Waals surface area contributed by atoms with Crippen molar-refractivity contribution in [2.24, 2.45) is 10.9 Å². The first-order valence-corrected chi connectivity index (χ1v) is 6.63. The molecule has 0 radical (unpaired) electrons. The second kappa shape index (κ2) is 5.05. The van der Waals surface area contributed by atoms with Crippen molar-refractivity contribution in [3.8, 4) is 0 Å². The van der Waals surface area contributed by atoms with Crippen LogP contribution in [-0.2, 0) is 17.6 Å². The maximum Gasteiger partial charge on any atom is 0.173 e. The van der Waals surface area contributed by atoms with Crippen molar-refractivity contribution in [3.05, 3.63) is 22.9 Å². The molecule has 0 bridgehead atoms. The van der Waals surface area contributed by atoms with Gasteiger partial charge in [-0.15, -0.1) is 0 Å². The van der Waals surface area contributed by atoms with E-state index in [0.717, 1.165) is 49.4 Å². The van der Waals surface area contributed by atoms with Gasteiger partial charge in [0.2, 0.25) is 0 Å². The Morgan fingerprint density at radius 1 is 1.37 bits per heavy atom. The molecule has 1 aliphatic heterocycles. The molecule has 0 unspecified atom stereocenters. The SMILES string of the molecule is NC(=NO)c1cc2c(nc1N1CCOCC1)CCC2. The Morgan fingerprint density at radius 2 is 2.16 bits per heavy atom. The maximum absolute atomic E-state index is 8.95. The lowest BCUT2D eigenvalue weighted by Gasteiger charge is -2.29. The fourth-order valence-corrected chi connectivity index (χ4v) is 2.72. The van der Waals surface area contributed by atoms with Crippen LogP contribution in [0.2, 0.25) is 0 Å². The number of pyridine rings is 1. The van der Waals surface area contributed by atoms with E-state index in [0.29, 0.717) is 13.2 Å². The van der Waals surface area contributed by atoms with Gasteiger partial charge in [-0.3, -0.25) is 0 Å². The average Bonchev–Trinajstić information content (AvgIpc) is 2.93. The highest BCUT2D eigenvalue weighted by Crippen LogP contribution is 2.27. The van der Waals surface area contributed by atoms with E-state index in [1.54, 1.807) is 0 Å². The zero-order chi connectivity index (χ0) is 13.2. The average molecular weight is 262 g/mol. The van der Waals surface area contributed by atoms with E-state index in [1.165, 1.54) is 5.56 Å². The Labute approximate surface area is 111 Å². The fourth-order valence-electron chi connectivity index (χ4n) is 2.72. The van der Waals surface area contributed by atoms with Crippen LogP contribution in [0.25, 0.3) is 0 Å². The van der Waals surface area contributed by atoms with Crippen LogP contribution in [0.3, 0.4) is 0 Å². The van der Waals surface area contributed by atoms with Crippen LogP contribution < -0.4 is 10.6 Å². The zero-order valence-corrected chi connectivity index (χ0v) is 10.8. The van der Waals surface area contributed by atoms with E-state index in [1.807, 2.05) is 6.07 Å². The number of nitrogens with two attached hydrogens (primary N) is 1. The fraction of sp³-hybridized carbons (Fsp3) is 0.538. The molecule has 2 aliphatic rings. The summed E-state index contributed by atoms with van der Waals surface area (Å²) < 4.78 is 5.36. The molecular formula is C13H18N4O2. The van der Waals surface area contributed by atoms with E-state index in [-0.39, 0.29) is 5.84 Å². The summed E-state index contributed by atoms with van der Waals surface area (Å²) in [5, 5.41) is 12.1. The Hall–Kier alpha value is -1.82. The van der Waals surface area contributed by atoms with Crippen molar-refractivity contribution in [3.63, 3.8) is 0 Å². The Bertz CT molecular complexity index is 510. The molecule has 1 aliphatic carbocycles. The van der Waals surface area contributed by atoms with Gasteiger partial charge in [0, 0.05) is 18.8 Å². The summed E-state index contributed by atoms with van der Waals surface area (Å²) in [5.41, 5.74) is 8.89. The highest BCUT2D eigenvalue weighted by molar-refractivity contribution is 6.01. The van der Waals surface area contributed by atoms with E-state index >= 15 is 0 Å². The predicted molar refractivity (Wildman–Crippen MR) is 71.8 cm³/mol. The first kappa shape index (κ1) is 12.2. The summed E-state index contributed by atoms with van der Waals surface area (Å²) in [6.45, 7) is 2.96. The van der Waals surface area contributed by atoms with Gasteiger partial charge in [0.05, 0.1) is 18.8 Å². The first-order chi connectivity index (χ1) is 9.29. The highest BCUT2D eigenvalue weighted by Gasteiger charge is 2.23. The quantitative estimate of drug-likeness (QED) is 0.351. The summed E-state index contributed by atoms with van der Waals surface area (Å²) in [4.78, 5) is 6.89. The lowest BCUT2D eigenvalue weighted by atomic mass is 10.1. The lowest BCUT2D eigenvalue weighted by Crippen LogP contribution is -2.38. The molecule has 0 atom stereocenters. The highest BCUT2D eigenvalue weighted by atomic mass is 16.5. The number of anilines is 1. The molecule has 1 aromatic rings. The monoisotopic (exact) mass is 262 g/mol. The van der Waals surface area contributed by atoms with Crippen molar-refractivity contribution >= 4 is 11.7 Å². The smallest absolute Gasteiger partial charge is 0.173 e. The molecule has 3 rings (SSSR count). The number of amidine groups is 1. The van der Waals surface area contributed by atoms with Gasteiger partial charge in [0.25, 0.3) is 0 Å². The van der Waals surface area contributed by atoms with E-state index in [9.17, 15) is 0 Å².